The van der Waals surface area contributed by atoms with Gasteiger partial charge < -0.3 is 5.73 Å². The van der Waals surface area contributed by atoms with E-state index in [1.165, 1.54) is 0 Å². The normalized spacial score (nSPS) is 27.7. The molecule has 14 heavy (non-hydrogen) atoms. The van der Waals surface area contributed by atoms with Gasteiger partial charge in [-0.1, -0.05) is 0 Å². The third-order valence-electron chi connectivity index (χ3n) is 2.93. The molecule has 0 spiro atoms. The molecule has 0 amide bonds. The van der Waals surface area contributed by atoms with Crippen LogP contribution < -0.4 is 5.73 Å². The van der Waals surface area contributed by atoms with Gasteiger partial charge in [0.1, 0.15) is 0 Å². The second kappa shape index (κ2) is 5.37. The summed E-state index contributed by atoms with van der Waals surface area (Å²) in [5, 5.41) is 0. The first kappa shape index (κ1) is 12.3. The van der Waals surface area contributed by atoms with Gasteiger partial charge in [-0.05, 0) is 43.2 Å². The standard InChI is InChI=1S/C9H19NO2S2/c1-13-4-2-8(6-10)9-3-5-14(11,12)7-9/h8-9H,2-7,10H2,1H3. The average Bonchev–Trinajstić information content (AvgIpc) is 2.48. The molecular weight excluding hydrogens is 218 g/mol. The summed E-state index contributed by atoms with van der Waals surface area (Å²) in [4.78, 5) is 0. The molecule has 3 nitrogen and oxygen atoms in total. The third kappa shape index (κ3) is 3.44. The third-order valence-corrected chi connectivity index (χ3v) is 5.37. The Morgan fingerprint density at radius 3 is 2.71 bits per heavy atom. The molecule has 0 bridgehead atoms. The van der Waals surface area contributed by atoms with Crippen LogP contribution in [0.2, 0.25) is 0 Å². The van der Waals surface area contributed by atoms with Crippen molar-refractivity contribution in [1.82, 2.24) is 0 Å². The monoisotopic (exact) mass is 237 g/mol. The zero-order chi connectivity index (χ0) is 10.6. The molecule has 2 unspecified atom stereocenters. The van der Waals surface area contributed by atoms with Gasteiger partial charge in [-0.3, -0.25) is 0 Å². The number of hydrogen-bond donors (Lipinski definition) is 1. The fourth-order valence-electron chi connectivity index (χ4n) is 2.01. The topological polar surface area (TPSA) is 60.2 Å². The quantitative estimate of drug-likeness (QED) is 0.766. The van der Waals surface area contributed by atoms with Gasteiger partial charge in [0.25, 0.3) is 0 Å². The zero-order valence-electron chi connectivity index (χ0n) is 8.61. The average molecular weight is 237 g/mol. The van der Waals surface area contributed by atoms with E-state index in [9.17, 15) is 8.42 Å². The highest BCUT2D eigenvalue weighted by Gasteiger charge is 2.32. The zero-order valence-corrected chi connectivity index (χ0v) is 10.2. The Morgan fingerprint density at radius 2 is 2.29 bits per heavy atom. The molecule has 0 aliphatic carbocycles. The highest BCUT2D eigenvalue weighted by molar-refractivity contribution is 7.98. The minimum absolute atomic E-state index is 0.317. The summed E-state index contributed by atoms with van der Waals surface area (Å²) in [5.41, 5.74) is 5.68. The maximum atomic E-state index is 11.3. The van der Waals surface area contributed by atoms with E-state index >= 15 is 0 Å². The highest BCUT2D eigenvalue weighted by Crippen LogP contribution is 2.28. The molecule has 0 aromatic heterocycles. The summed E-state index contributed by atoms with van der Waals surface area (Å²) in [5.74, 6) is 2.53. The van der Waals surface area contributed by atoms with Crippen LogP contribution in [-0.2, 0) is 9.84 Å². The van der Waals surface area contributed by atoms with E-state index in [0.29, 0.717) is 29.9 Å². The maximum absolute atomic E-state index is 11.3. The van der Waals surface area contributed by atoms with Crippen molar-refractivity contribution >= 4 is 21.6 Å². The van der Waals surface area contributed by atoms with Crippen LogP contribution in [0.15, 0.2) is 0 Å². The molecule has 1 heterocycles. The van der Waals surface area contributed by atoms with Crippen LogP contribution in [0.3, 0.4) is 0 Å². The van der Waals surface area contributed by atoms with Crippen LogP contribution in [0.25, 0.3) is 0 Å². The van der Waals surface area contributed by atoms with Gasteiger partial charge in [-0.25, -0.2) is 8.42 Å². The Bertz CT molecular complexity index is 264. The number of thioether (sulfide) groups is 1. The van der Waals surface area contributed by atoms with Crippen LogP contribution in [0.1, 0.15) is 12.8 Å². The van der Waals surface area contributed by atoms with Crippen molar-refractivity contribution in [2.24, 2.45) is 17.6 Å². The van der Waals surface area contributed by atoms with E-state index in [4.69, 9.17) is 5.73 Å². The number of rotatable bonds is 5. The van der Waals surface area contributed by atoms with Crippen molar-refractivity contribution in [2.75, 3.05) is 30.1 Å². The van der Waals surface area contributed by atoms with Crippen molar-refractivity contribution in [2.45, 2.75) is 12.8 Å². The van der Waals surface area contributed by atoms with Gasteiger partial charge >= 0.3 is 0 Å². The van der Waals surface area contributed by atoms with E-state index in [1.807, 2.05) is 0 Å². The fourth-order valence-corrected chi connectivity index (χ4v) is 4.47. The number of hydrogen-bond acceptors (Lipinski definition) is 4. The highest BCUT2D eigenvalue weighted by atomic mass is 32.2. The fraction of sp³-hybridized carbons (Fsp3) is 1.00. The van der Waals surface area contributed by atoms with Crippen molar-refractivity contribution in [3.8, 4) is 0 Å². The molecule has 1 aliphatic heterocycles. The lowest BCUT2D eigenvalue weighted by Gasteiger charge is -2.19. The second-order valence-electron chi connectivity index (χ2n) is 3.94. The van der Waals surface area contributed by atoms with Crippen molar-refractivity contribution in [3.63, 3.8) is 0 Å². The lowest BCUT2D eigenvalue weighted by Crippen LogP contribution is -2.25. The Hall–Kier alpha value is 0.260. The molecule has 2 atom stereocenters. The van der Waals surface area contributed by atoms with E-state index in [1.54, 1.807) is 11.8 Å². The van der Waals surface area contributed by atoms with E-state index in [-0.39, 0.29) is 0 Å². The summed E-state index contributed by atoms with van der Waals surface area (Å²) in [6, 6.07) is 0. The minimum atomic E-state index is -2.74. The Kier molecular flexibility index (Phi) is 4.73. The van der Waals surface area contributed by atoms with Gasteiger partial charge in [0.2, 0.25) is 0 Å². The molecule has 0 saturated carbocycles. The van der Waals surface area contributed by atoms with Crippen LogP contribution in [0.4, 0.5) is 0 Å². The van der Waals surface area contributed by atoms with E-state index in [2.05, 4.69) is 6.26 Å². The second-order valence-corrected chi connectivity index (χ2v) is 7.15. The largest absolute Gasteiger partial charge is 0.330 e. The van der Waals surface area contributed by atoms with Crippen molar-refractivity contribution in [3.05, 3.63) is 0 Å². The van der Waals surface area contributed by atoms with E-state index < -0.39 is 9.84 Å². The number of nitrogens with two attached hydrogens (primary N) is 1. The molecule has 1 saturated heterocycles. The van der Waals surface area contributed by atoms with Gasteiger partial charge in [0.15, 0.2) is 9.84 Å². The lowest BCUT2D eigenvalue weighted by atomic mass is 9.90. The summed E-state index contributed by atoms with van der Waals surface area (Å²) in [6.07, 6.45) is 3.94. The molecule has 5 heteroatoms. The van der Waals surface area contributed by atoms with Gasteiger partial charge in [0.05, 0.1) is 11.5 Å². The van der Waals surface area contributed by atoms with Crippen LogP contribution >= 0.6 is 11.8 Å². The summed E-state index contributed by atoms with van der Waals surface area (Å²) in [6.45, 7) is 0.626. The maximum Gasteiger partial charge on any atom is 0.150 e. The predicted molar refractivity (Wildman–Crippen MR) is 62.3 cm³/mol. The van der Waals surface area contributed by atoms with Gasteiger partial charge in [0, 0.05) is 0 Å². The molecule has 0 radical (unpaired) electrons. The van der Waals surface area contributed by atoms with Crippen LogP contribution in [-0.4, -0.2) is 38.5 Å². The summed E-state index contributed by atoms with van der Waals surface area (Å²) >= 11 is 1.80. The van der Waals surface area contributed by atoms with Crippen molar-refractivity contribution < 1.29 is 8.42 Å². The lowest BCUT2D eigenvalue weighted by molar-refractivity contribution is 0.365. The van der Waals surface area contributed by atoms with Crippen molar-refractivity contribution in [1.29, 1.82) is 0 Å². The molecule has 0 aromatic carbocycles. The Morgan fingerprint density at radius 1 is 1.57 bits per heavy atom. The molecule has 1 rings (SSSR count). The molecular formula is C9H19NO2S2. The van der Waals surface area contributed by atoms with E-state index in [0.717, 1.165) is 18.6 Å². The van der Waals surface area contributed by atoms with Crippen LogP contribution in [0, 0.1) is 11.8 Å². The first-order chi connectivity index (χ1) is 6.59. The molecule has 84 valence electrons. The SMILES string of the molecule is CSCCC(CN)C1CCS(=O)(=O)C1. The van der Waals surface area contributed by atoms with Crippen LogP contribution in [0.5, 0.6) is 0 Å². The molecule has 2 N–H and O–H groups in total. The first-order valence-corrected chi connectivity index (χ1v) is 8.20. The summed E-state index contributed by atoms with van der Waals surface area (Å²) in [7, 11) is -2.74. The summed E-state index contributed by atoms with van der Waals surface area (Å²) < 4.78 is 22.6. The minimum Gasteiger partial charge on any atom is -0.330 e. The molecule has 0 aromatic rings. The Balaban J connectivity index is 2.46. The van der Waals surface area contributed by atoms with Gasteiger partial charge in [-0.2, -0.15) is 11.8 Å². The van der Waals surface area contributed by atoms with Gasteiger partial charge in [-0.15, -0.1) is 0 Å². The molecule has 1 aliphatic rings. The Labute approximate surface area is 90.7 Å². The number of sulfone groups is 1. The smallest absolute Gasteiger partial charge is 0.150 e. The first-order valence-electron chi connectivity index (χ1n) is 4.98. The predicted octanol–water partition coefficient (Wildman–Crippen LogP) is 0.749. The molecule has 1 fully saturated rings.